The molecule has 0 aliphatic rings. The highest BCUT2D eigenvalue weighted by Gasteiger charge is 2.21. The highest BCUT2D eigenvalue weighted by Crippen LogP contribution is 2.17. The van der Waals surface area contributed by atoms with Crippen molar-refractivity contribution in [3.8, 4) is 5.75 Å². The number of rotatable bonds is 6. The number of carbonyl (C=O) groups excluding carboxylic acids is 1. The molecule has 0 saturated carbocycles. The smallest absolute Gasteiger partial charge is 0.410 e. The van der Waals surface area contributed by atoms with Gasteiger partial charge in [-0.05, 0) is 39.0 Å². The number of amides is 1. The summed E-state index contributed by atoms with van der Waals surface area (Å²) in [5.41, 5.74) is 5.02. The van der Waals surface area contributed by atoms with E-state index in [0.29, 0.717) is 26.2 Å². The van der Waals surface area contributed by atoms with Crippen LogP contribution in [0.3, 0.4) is 0 Å². The molecule has 21 heavy (non-hydrogen) atoms. The zero-order chi connectivity index (χ0) is 15.9. The quantitative estimate of drug-likeness (QED) is 0.848. The summed E-state index contributed by atoms with van der Waals surface area (Å²) in [6.07, 6.45) is -0.370. The third kappa shape index (κ3) is 7.34. The van der Waals surface area contributed by atoms with Crippen LogP contribution in [0.2, 0.25) is 0 Å². The first-order valence-corrected chi connectivity index (χ1v) is 7.67. The first kappa shape index (κ1) is 17.8. The van der Waals surface area contributed by atoms with Gasteiger partial charge in [0.2, 0.25) is 0 Å². The Balaban J connectivity index is 2.49. The fourth-order valence-electron chi connectivity index (χ4n) is 1.61. The van der Waals surface area contributed by atoms with Gasteiger partial charge < -0.3 is 20.1 Å². The lowest BCUT2D eigenvalue weighted by Crippen LogP contribution is -2.41. The molecule has 1 amide bonds. The molecule has 5 nitrogen and oxygen atoms in total. The van der Waals surface area contributed by atoms with Crippen LogP contribution in [0.1, 0.15) is 20.8 Å². The summed E-state index contributed by atoms with van der Waals surface area (Å²) in [7, 11) is 0. The Kier molecular flexibility index (Phi) is 6.98. The average molecular weight is 359 g/mol. The van der Waals surface area contributed by atoms with Crippen molar-refractivity contribution in [3.05, 3.63) is 28.7 Å². The first-order chi connectivity index (χ1) is 9.81. The van der Waals surface area contributed by atoms with E-state index in [1.807, 2.05) is 45.0 Å². The maximum absolute atomic E-state index is 12.0. The van der Waals surface area contributed by atoms with Crippen LogP contribution in [0.5, 0.6) is 5.75 Å². The molecule has 1 rings (SSSR count). The van der Waals surface area contributed by atoms with Gasteiger partial charge in [0.25, 0.3) is 0 Å². The normalized spacial score (nSPS) is 11.1. The Morgan fingerprint density at radius 2 is 2.05 bits per heavy atom. The van der Waals surface area contributed by atoms with E-state index in [0.717, 1.165) is 10.2 Å². The summed E-state index contributed by atoms with van der Waals surface area (Å²) >= 11 is 3.38. The van der Waals surface area contributed by atoms with Gasteiger partial charge in [0.15, 0.2) is 0 Å². The molecule has 0 aromatic heterocycles. The SMILES string of the molecule is CC(C)(C)OC(=O)N(CCN)CCOc1cccc(Br)c1. The standard InChI is InChI=1S/C15H23BrN2O3/c1-15(2,3)21-14(19)18(8-7-17)9-10-20-13-6-4-5-12(16)11-13/h4-6,11H,7-10,17H2,1-3H3. The second kappa shape index (κ2) is 8.24. The lowest BCUT2D eigenvalue weighted by molar-refractivity contribution is 0.0232. The molecule has 0 saturated heterocycles. The fourth-order valence-corrected chi connectivity index (χ4v) is 1.99. The van der Waals surface area contributed by atoms with Crippen LogP contribution in [0, 0.1) is 0 Å². The van der Waals surface area contributed by atoms with Crippen LogP contribution >= 0.6 is 15.9 Å². The highest BCUT2D eigenvalue weighted by molar-refractivity contribution is 9.10. The number of hydrogen-bond donors (Lipinski definition) is 1. The zero-order valence-corrected chi connectivity index (χ0v) is 14.4. The zero-order valence-electron chi connectivity index (χ0n) is 12.8. The predicted molar refractivity (Wildman–Crippen MR) is 86.5 cm³/mol. The second-order valence-electron chi connectivity index (χ2n) is 5.56. The highest BCUT2D eigenvalue weighted by atomic mass is 79.9. The molecular formula is C15H23BrN2O3. The summed E-state index contributed by atoms with van der Waals surface area (Å²) in [5, 5.41) is 0. The summed E-state index contributed by atoms with van der Waals surface area (Å²) in [6.45, 7) is 7.15. The van der Waals surface area contributed by atoms with Crippen molar-refractivity contribution >= 4 is 22.0 Å². The van der Waals surface area contributed by atoms with Crippen molar-refractivity contribution in [2.45, 2.75) is 26.4 Å². The molecule has 0 bridgehead atoms. The van der Waals surface area contributed by atoms with E-state index in [9.17, 15) is 4.79 Å². The van der Waals surface area contributed by atoms with Gasteiger partial charge in [-0.15, -0.1) is 0 Å². The van der Waals surface area contributed by atoms with Crippen molar-refractivity contribution < 1.29 is 14.3 Å². The number of carbonyl (C=O) groups is 1. The molecule has 0 aliphatic carbocycles. The largest absolute Gasteiger partial charge is 0.492 e. The van der Waals surface area contributed by atoms with Crippen LogP contribution in [-0.4, -0.2) is 42.8 Å². The van der Waals surface area contributed by atoms with E-state index < -0.39 is 5.60 Å². The van der Waals surface area contributed by atoms with E-state index in [2.05, 4.69) is 15.9 Å². The minimum Gasteiger partial charge on any atom is -0.492 e. The molecule has 2 N–H and O–H groups in total. The topological polar surface area (TPSA) is 64.8 Å². The molecule has 1 aromatic rings. The van der Waals surface area contributed by atoms with Gasteiger partial charge in [0, 0.05) is 17.6 Å². The Hall–Kier alpha value is -1.27. The van der Waals surface area contributed by atoms with Gasteiger partial charge >= 0.3 is 6.09 Å². The number of halogens is 1. The van der Waals surface area contributed by atoms with Gasteiger partial charge in [-0.2, -0.15) is 0 Å². The molecule has 0 heterocycles. The Morgan fingerprint density at radius 3 is 2.62 bits per heavy atom. The van der Waals surface area contributed by atoms with E-state index in [4.69, 9.17) is 15.2 Å². The van der Waals surface area contributed by atoms with E-state index >= 15 is 0 Å². The Morgan fingerprint density at radius 1 is 1.33 bits per heavy atom. The summed E-state index contributed by atoms with van der Waals surface area (Å²) < 4.78 is 11.9. The number of hydrogen-bond acceptors (Lipinski definition) is 4. The number of ether oxygens (including phenoxy) is 2. The third-order valence-corrected chi connectivity index (χ3v) is 2.97. The molecule has 0 aliphatic heterocycles. The maximum atomic E-state index is 12.0. The number of nitrogens with zero attached hydrogens (tertiary/aromatic N) is 1. The fraction of sp³-hybridized carbons (Fsp3) is 0.533. The minimum absolute atomic E-state index is 0.370. The van der Waals surface area contributed by atoms with E-state index in [-0.39, 0.29) is 6.09 Å². The van der Waals surface area contributed by atoms with Crippen LogP contribution in [0.4, 0.5) is 4.79 Å². The van der Waals surface area contributed by atoms with Crippen molar-refractivity contribution in [1.29, 1.82) is 0 Å². The Bertz CT molecular complexity index is 460. The molecule has 0 unspecified atom stereocenters. The molecule has 0 atom stereocenters. The van der Waals surface area contributed by atoms with E-state index in [1.54, 1.807) is 4.90 Å². The molecule has 118 valence electrons. The van der Waals surface area contributed by atoms with Crippen molar-refractivity contribution in [2.24, 2.45) is 5.73 Å². The van der Waals surface area contributed by atoms with Crippen LogP contribution in [0.15, 0.2) is 28.7 Å². The van der Waals surface area contributed by atoms with Crippen LogP contribution in [0.25, 0.3) is 0 Å². The molecule has 0 fully saturated rings. The van der Waals surface area contributed by atoms with Gasteiger partial charge in [-0.1, -0.05) is 22.0 Å². The monoisotopic (exact) mass is 358 g/mol. The average Bonchev–Trinajstić information content (AvgIpc) is 2.35. The summed E-state index contributed by atoms with van der Waals surface area (Å²) in [6, 6.07) is 7.56. The predicted octanol–water partition coefficient (Wildman–Crippen LogP) is 3.02. The maximum Gasteiger partial charge on any atom is 0.410 e. The molecule has 6 heteroatoms. The summed E-state index contributed by atoms with van der Waals surface area (Å²) in [4.78, 5) is 13.6. The van der Waals surface area contributed by atoms with E-state index in [1.165, 1.54) is 0 Å². The van der Waals surface area contributed by atoms with Gasteiger partial charge in [0.05, 0.1) is 6.54 Å². The van der Waals surface area contributed by atoms with Crippen molar-refractivity contribution in [3.63, 3.8) is 0 Å². The molecule has 0 spiro atoms. The molecule has 1 aromatic carbocycles. The number of nitrogens with two attached hydrogens (primary N) is 1. The third-order valence-electron chi connectivity index (χ3n) is 2.48. The lowest BCUT2D eigenvalue weighted by atomic mass is 10.2. The summed E-state index contributed by atoms with van der Waals surface area (Å²) in [5.74, 6) is 0.751. The second-order valence-corrected chi connectivity index (χ2v) is 6.48. The van der Waals surface area contributed by atoms with Gasteiger partial charge in [-0.3, -0.25) is 0 Å². The van der Waals surface area contributed by atoms with Crippen LogP contribution < -0.4 is 10.5 Å². The first-order valence-electron chi connectivity index (χ1n) is 6.88. The van der Waals surface area contributed by atoms with Gasteiger partial charge in [-0.25, -0.2) is 4.79 Å². The Labute approximate surface area is 134 Å². The van der Waals surface area contributed by atoms with Crippen molar-refractivity contribution in [1.82, 2.24) is 4.90 Å². The molecular weight excluding hydrogens is 336 g/mol. The van der Waals surface area contributed by atoms with Crippen molar-refractivity contribution in [2.75, 3.05) is 26.2 Å². The number of benzene rings is 1. The van der Waals surface area contributed by atoms with Crippen LogP contribution in [-0.2, 0) is 4.74 Å². The minimum atomic E-state index is -0.519. The lowest BCUT2D eigenvalue weighted by Gasteiger charge is -2.27. The van der Waals surface area contributed by atoms with Gasteiger partial charge in [0.1, 0.15) is 18.0 Å². The molecule has 0 radical (unpaired) electrons.